The van der Waals surface area contributed by atoms with E-state index >= 15 is 0 Å². The summed E-state index contributed by atoms with van der Waals surface area (Å²) in [4.78, 5) is 0. The number of hydrogen-bond acceptors (Lipinski definition) is 0. The number of halogens is 4. The van der Waals surface area contributed by atoms with Crippen molar-refractivity contribution in [3.8, 4) is 23.0 Å². The third kappa shape index (κ3) is 3.79. The molecule has 30 heavy (non-hydrogen) atoms. The Hall–Kier alpha value is -3.58. The molecule has 0 aliphatic carbocycles. The van der Waals surface area contributed by atoms with Crippen LogP contribution in [0.25, 0.3) is 21.9 Å². The number of hydrogen-bond donors (Lipinski definition) is 0. The van der Waals surface area contributed by atoms with E-state index in [2.05, 4.69) is 11.8 Å². The second-order valence-corrected chi connectivity index (χ2v) is 6.92. The Balaban J connectivity index is 1.61. The lowest BCUT2D eigenvalue weighted by molar-refractivity contribution is 0.453. The van der Waals surface area contributed by atoms with Crippen LogP contribution in [-0.2, 0) is 6.42 Å². The highest BCUT2D eigenvalue weighted by Gasteiger charge is 2.13. The van der Waals surface area contributed by atoms with Crippen LogP contribution in [0.2, 0.25) is 0 Å². The Morgan fingerprint density at radius 3 is 2.07 bits per heavy atom. The molecule has 0 atom stereocenters. The first kappa shape index (κ1) is 19.7. The zero-order valence-corrected chi connectivity index (χ0v) is 16.1. The van der Waals surface area contributed by atoms with Gasteiger partial charge in [-0.25, -0.2) is 17.6 Å². The summed E-state index contributed by atoms with van der Waals surface area (Å²) in [6.07, 6.45) is 0.773. The lowest BCUT2D eigenvalue weighted by atomic mass is 10.0. The van der Waals surface area contributed by atoms with Crippen LogP contribution < -0.4 is 0 Å². The quantitative estimate of drug-likeness (QED) is 0.191. The van der Waals surface area contributed by atoms with Crippen LogP contribution in [0.3, 0.4) is 0 Å². The lowest BCUT2D eigenvalue weighted by Crippen LogP contribution is -1.92. The maximum atomic E-state index is 14.3. The molecule has 4 rings (SSSR count). The number of rotatable bonds is 2. The zero-order chi connectivity index (χ0) is 21.3. The maximum Gasteiger partial charge on any atom is 0.195 e. The Labute approximate surface area is 171 Å². The smallest absolute Gasteiger partial charge is 0.195 e. The van der Waals surface area contributed by atoms with Crippen molar-refractivity contribution in [3.05, 3.63) is 107 Å². The molecular formula is C26H16F4. The third-order valence-electron chi connectivity index (χ3n) is 4.96. The summed E-state index contributed by atoms with van der Waals surface area (Å²) in [6, 6.07) is 17.8. The van der Waals surface area contributed by atoms with E-state index < -0.39 is 17.5 Å². The van der Waals surface area contributed by atoms with Gasteiger partial charge in [0, 0.05) is 22.1 Å². The topological polar surface area (TPSA) is 0 Å². The van der Waals surface area contributed by atoms with Gasteiger partial charge in [-0.1, -0.05) is 49.1 Å². The highest BCUT2D eigenvalue weighted by Crippen LogP contribution is 2.25. The third-order valence-corrected chi connectivity index (χ3v) is 4.96. The first-order valence-electron chi connectivity index (χ1n) is 9.44. The minimum absolute atomic E-state index is 0.0000730. The maximum absolute atomic E-state index is 14.3. The van der Waals surface area contributed by atoms with Gasteiger partial charge in [-0.3, -0.25) is 0 Å². The molecule has 0 amide bonds. The van der Waals surface area contributed by atoms with Gasteiger partial charge in [-0.15, -0.1) is 0 Å². The SMILES string of the molecule is CCc1ccc(-c2ccc(C#Cc3ccc4c(F)c(F)c(F)cc4c3)cc2)c(F)c1. The van der Waals surface area contributed by atoms with E-state index in [4.69, 9.17) is 0 Å². The lowest BCUT2D eigenvalue weighted by Gasteiger charge is -2.05. The van der Waals surface area contributed by atoms with Crippen molar-refractivity contribution in [2.75, 3.05) is 0 Å². The predicted octanol–water partition coefficient (Wildman–Crippen LogP) is 7.03. The molecular weight excluding hydrogens is 388 g/mol. The molecule has 0 N–H and O–H groups in total. The van der Waals surface area contributed by atoms with Gasteiger partial charge < -0.3 is 0 Å². The van der Waals surface area contributed by atoms with Gasteiger partial charge in [-0.2, -0.15) is 0 Å². The fourth-order valence-corrected chi connectivity index (χ4v) is 3.27. The Morgan fingerprint density at radius 2 is 1.37 bits per heavy atom. The highest BCUT2D eigenvalue weighted by molar-refractivity contribution is 5.84. The fraction of sp³-hybridized carbons (Fsp3) is 0.0769. The van der Waals surface area contributed by atoms with Gasteiger partial charge in [0.2, 0.25) is 0 Å². The van der Waals surface area contributed by atoms with Gasteiger partial charge in [0.05, 0.1) is 0 Å². The van der Waals surface area contributed by atoms with Gasteiger partial charge in [0.15, 0.2) is 17.5 Å². The minimum atomic E-state index is -1.48. The van der Waals surface area contributed by atoms with E-state index in [-0.39, 0.29) is 16.6 Å². The average Bonchev–Trinajstić information content (AvgIpc) is 2.76. The molecule has 4 heteroatoms. The second-order valence-electron chi connectivity index (χ2n) is 6.92. The fourth-order valence-electron chi connectivity index (χ4n) is 3.27. The van der Waals surface area contributed by atoms with Crippen molar-refractivity contribution in [1.29, 1.82) is 0 Å². The van der Waals surface area contributed by atoms with Crippen molar-refractivity contribution in [2.45, 2.75) is 13.3 Å². The molecule has 0 nitrogen and oxygen atoms in total. The van der Waals surface area contributed by atoms with Crippen LogP contribution in [-0.4, -0.2) is 0 Å². The van der Waals surface area contributed by atoms with Gasteiger partial charge in [-0.05, 0) is 59.3 Å². The summed E-state index contributed by atoms with van der Waals surface area (Å²) >= 11 is 0. The van der Waals surface area contributed by atoms with E-state index in [9.17, 15) is 17.6 Å². The molecule has 0 saturated carbocycles. The molecule has 4 aromatic rings. The van der Waals surface area contributed by atoms with E-state index in [1.807, 2.05) is 13.0 Å². The van der Waals surface area contributed by atoms with Crippen LogP contribution in [0.1, 0.15) is 23.6 Å². The zero-order valence-electron chi connectivity index (χ0n) is 16.1. The average molecular weight is 404 g/mol. The van der Waals surface area contributed by atoms with Crippen molar-refractivity contribution >= 4 is 10.8 Å². The van der Waals surface area contributed by atoms with Crippen molar-refractivity contribution in [1.82, 2.24) is 0 Å². The summed E-state index contributed by atoms with van der Waals surface area (Å²) in [7, 11) is 0. The first-order valence-corrected chi connectivity index (χ1v) is 9.44. The van der Waals surface area contributed by atoms with Crippen LogP contribution in [0.4, 0.5) is 17.6 Å². The normalized spacial score (nSPS) is 10.7. The summed E-state index contributed by atoms with van der Waals surface area (Å²) in [6.45, 7) is 1.97. The molecule has 0 aromatic heterocycles. The Morgan fingerprint density at radius 1 is 0.667 bits per heavy atom. The highest BCUT2D eigenvalue weighted by atomic mass is 19.2. The summed E-state index contributed by atoms with van der Waals surface area (Å²) in [5.74, 6) is 1.71. The molecule has 4 aromatic carbocycles. The number of fused-ring (bicyclic) bond motifs is 1. The van der Waals surface area contributed by atoms with E-state index in [0.717, 1.165) is 23.6 Å². The monoisotopic (exact) mass is 404 g/mol. The largest absolute Gasteiger partial charge is 0.206 e. The van der Waals surface area contributed by atoms with E-state index in [0.29, 0.717) is 16.7 Å². The standard InChI is InChI=1S/C26H16F4/c1-2-16-7-11-21(23(27)14-16)19-9-5-17(6-10-19)3-4-18-8-12-22-20(13-18)15-24(28)26(30)25(22)29/h5-15H,2H2,1H3. The minimum Gasteiger partial charge on any atom is -0.206 e. The molecule has 0 fully saturated rings. The first-order chi connectivity index (χ1) is 14.5. The van der Waals surface area contributed by atoms with Gasteiger partial charge >= 0.3 is 0 Å². The van der Waals surface area contributed by atoms with Crippen LogP contribution >= 0.6 is 0 Å². The second kappa shape index (κ2) is 8.04. The van der Waals surface area contributed by atoms with E-state index in [1.165, 1.54) is 12.1 Å². The van der Waals surface area contributed by atoms with Crippen LogP contribution in [0.15, 0.2) is 66.7 Å². The van der Waals surface area contributed by atoms with Crippen LogP contribution in [0, 0.1) is 35.1 Å². The van der Waals surface area contributed by atoms with Crippen LogP contribution in [0.5, 0.6) is 0 Å². The molecule has 0 heterocycles. The Kier molecular flexibility index (Phi) is 5.29. The van der Waals surface area contributed by atoms with Crippen molar-refractivity contribution < 1.29 is 17.6 Å². The summed E-state index contributed by atoms with van der Waals surface area (Å²) in [5.41, 5.74) is 3.47. The number of aryl methyl sites for hydroxylation is 1. The molecule has 0 saturated heterocycles. The van der Waals surface area contributed by atoms with Gasteiger partial charge in [0.25, 0.3) is 0 Å². The van der Waals surface area contributed by atoms with E-state index in [1.54, 1.807) is 42.5 Å². The molecule has 0 radical (unpaired) electrons. The molecule has 0 aliphatic rings. The molecule has 0 unspecified atom stereocenters. The molecule has 0 aliphatic heterocycles. The molecule has 0 bridgehead atoms. The van der Waals surface area contributed by atoms with Gasteiger partial charge in [0.1, 0.15) is 5.82 Å². The number of benzene rings is 4. The molecule has 148 valence electrons. The summed E-state index contributed by atoms with van der Waals surface area (Å²) < 4.78 is 54.9. The van der Waals surface area contributed by atoms with Crippen molar-refractivity contribution in [2.24, 2.45) is 0 Å². The molecule has 0 spiro atoms. The predicted molar refractivity (Wildman–Crippen MR) is 111 cm³/mol. The Bertz CT molecular complexity index is 1310. The van der Waals surface area contributed by atoms with Crippen molar-refractivity contribution in [3.63, 3.8) is 0 Å². The summed E-state index contributed by atoms with van der Waals surface area (Å²) in [5, 5.41) is 0.236.